The van der Waals surface area contributed by atoms with E-state index in [2.05, 4.69) is 6.07 Å². The number of hydrogen-bond donors (Lipinski definition) is 0. The van der Waals surface area contributed by atoms with Crippen molar-refractivity contribution in [2.75, 3.05) is 0 Å². The minimum atomic E-state index is 0.282. The highest BCUT2D eigenvalue weighted by Gasteiger charge is 2.27. The fraction of sp³-hybridized carbons (Fsp3) is 0.455. The molecule has 2 nitrogen and oxygen atoms in total. The van der Waals surface area contributed by atoms with E-state index in [1.807, 2.05) is 6.08 Å². The van der Waals surface area contributed by atoms with Gasteiger partial charge >= 0.3 is 0 Å². The van der Waals surface area contributed by atoms with Gasteiger partial charge in [-0.15, -0.1) is 0 Å². The number of nitriles is 1. The number of nitrogens with zero attached hydrogens (tertiary/aromatic N) is 1. The molecule has 66 valence electrons. The first-order valence-corrected chi connectivity index (χ1v) is 4.65. The summed E-state index contributed by atoms with van der Waals surface area (Å²) in [6.07, 6.45) is 7.14. The van der Waals surface area contributed by atoms with E-state index < -0.39 is 0 Å². The van der Waals surface area contributed by atoms with Crippen LogP contribution < -0.4 is 0 Å². The molecule has 0 heterocycles. The molecular weight excluding hydrogens is 162 g/mol. The summed E-state index contributed by atoms with van der Waals surface area (Å²) in [5.41, 5.74) is 1.76. The van der Waals surface area contributed by atoms with Crippen LogP contribution in [0.5, 0.6) is 0 Å². The Kier molecular flexibility index (Phi) is 2.02. The van der Waals surface area contributed by atoms with Crippen molar-refractivity contribution in [3.05, 3.63) is 23.3 Å². The molecular formula is C11H11NO. The summed E-state index contributed by atoms with van der Waals surface area (Å²) in [6.45, 7) is 0. The molecule has 2 rings (SSSR count). The molecule has 13 heavy (non-hydrogen) atoms. The third kappa shape index (κ3) is 1.42. The van der Waals surface area contributed by atoms with E-state index in [1.54, 1.807) is 6.08 Å². The second kappa shape index (κ2) is 3.18. The molecule has 2 heteroatoms. The molecule has 2 aliphatic carbocycles. The largest absolute Gasteiger partial charge is 0.295 e. The second-order valence-corrected chi connectivity index (χ2v) is 3.64. The van der Waals surface area contributed by atoms with Crippen LogP contribution in [0.4, 0.5) is 0 Å². The van der Waals surface area contributed by atoms with Crippen LogP contribution in [-0.4, -0.2) is 5.78 Å². The van der Waals surface area contributed by atoms with Crippen molar-refractivity contribution in [1.82, 2.24) is 0 Å². The zero-order valence-electron chi connectivity index (χ0n) is 7.42. The monoisotopic (exact) mass is 173 g/mol. The van der Waals surface area contributed by atoms with Crippen molar-refractivity contribution < 1.29 is 4.79 Å². The summed E-state index contributed by atoms with van der Waals surface area (Å²) in [5.74, 6) is 0.616. The lowest BCUT2D eigenvalue weighted by molar-refractivity contribution is -0.117. The number of hydrogen-bond acceptors (Lipinski definition) is 2. The van der Waals surface area contributed by atoms with E-state index in [-0.39, 0.29) is 5.78 Å². The van der Waals surface area contributed by atoms with Gasteiger partial charge in [-0.2, -0.15) is 5.26 Å². The molecule has 1 unspecified atom stereocenters. The Hall–Kier alpha value is -1.36. The Bertz CT molecular complexity index is 344. The molecule has 1 fully saturated rings. The van der Waals surface area contributed by atoms with Gasteiger partial charge in [-0.1, -0.05) is 6.08 Å². The normalized spacial score (nSPS) is 27.0. The first-order valence-electron chi connectivity index (χ1n) is 4.65. The molecule has 0 spiro atoms. The molecule has 0 aliphatic heterocycles. The van der Waals surface area contributed by atoms with Crippen molar-refractivity contribution in [3.8, 4) is 6.07 Å². The molecule has 1 saturated carbocycles. The summed E-state index contributed by atoms with van der Waals surface area (Å²) < 4.78 is 0. The molecule has 0 amide bonds. The summed E-state index contributed by atoms with van der Waals surface area (Å²) in [5, 5.41) is 8.71. The molecule has 0 aromatic heterocycles. The van der Waals surface area contributed by atoms with Crippen LogP contribution in [0.15, 0.2) is 23.3 Å². The van der Waals surface area contributed by atoms with Gasteiger partial charge in [0, 0.05) is 12.0 Å². The zero-order valence-corrected chi connectivity index (χ0v) is 7.42. The molecule has 0 aromatic rings. The van der Waals surface area contributed by atoms with E-state index in [0.717, 1.165) is 30.4 Å². The van der Waals surface area contributed by atoms with E-state index in [9.17, 15) is 4.79 Å². The van der Waals surface area contributed by atoms with Crippen LogP contribution in [0.1, 0.15) is 25.7 Å². The quantitative estimate of drug-likeness (QED) is 0.563. The minimum Gasteiger partial charge on any atom is -0.295 e. The van der Waals surface area contributed by atoms with Crippen molar-refractivity contribution >= 4 is 5.78 Å². The van der Waals surface area contributed by atoms with Gasteiger partial charge in [0.15, 0.2) is 5.78 Å². The van der Waals surface area contributed by atoms with E-state index >= 15 is 0 Å². The molecule has 0 N–H and O–H groups in total. The fourth-order valence-corrected chi connectivity index (χ4v) is 2.08. The number of allylic oxidation sites excluding steroid dienone is 4. The predicted octanol–water partition coefficient (Wildman–Crippen LogP) is 2.14. The van der Waals surface area contributed by atoms with Crippen molar-refractivity contribution in [3.63, 3.8) is 0 Å². The zero-order chi connectivity index (χ0) is 9.26. The first kappa shape index (κ1) is 8.25. The standard InChI is InChI=1S/C11H11NO/c12-7-8-4-5-10-9(6-8)2-1-3-11(10)13/h4-5,9H,1-3,6H2. The maximum absolute atomic E-state index is 11.4. The number of carbonyl (C=O) groups excluding carboxylic acids is 1. The van der Waals surface area contributed by atoms with Gasteiger partial charge < -0.3 is 0 Å². The number of carbonyl (C=O) groups is 1. The highest BCUT2D eigenvalue weighted by atomic mass is 16.1. The number of fused-ring (bicyclic) bond motifs is 1. The van der Waals surface area contributed by atoms with Gasteiger partial charge in [0.2, 0.25) is 0 Å². The Morgan fingerprint density at radius 3 is 3.08 bits per heavy atom. The van der Waals surface area contributed by atoms with Gasteiger partial charge in [0.25, 0.3) is 0 Å². The summed E-state index contributed by atoms with van der Waals surface area (Å²) in [6, 6.07) is 2.16. The smallest absolute Gasteiger partial charge is 0.159 e. The van der Waals surface area contributed by atoms with Gasteiger partial charge in [0.1, 0.15) is 0 Å². The lowest BCUT2D eigenvalue weighted by Crippen LogP contribution is -2.21. The molecule has 0 saturated heterocycles. The average Bonchev–Trinajstić information content (AvgIpc) is 2.18. The van der Waals surface area contributed by atoms with E-state index in [1.165, 1.54) is 0 Å². The van der Waals surface area contributed by atoms with Gasteiger partial charge in [-0.05, 0) is 36.8 Å². The molecule has 0 bridgehead atoms. The third-order valence-electron chi connectivity index (χ3n) is 2.79. The number of rotatable bonds is 0. The number of ketones is 1. The Morgan fingerprint density at radius 2 is 2.31 bits per heavy atom. The summed E-state index contributed by atoms with van der Waals surface area (Å²) in [7, 11) is 0. The Labute approximate surface area is 77.6 Å². The molecule has 0 radical (unpaired) electrons. The maximum Gasteiger partial charge on any atom is 0.159 e. The van der Waals surface area contributed by atoms with Crippen LogP contribution in [0.25, 0.3) is 0 Å². The van der Waals surface area contributed by atoms with Crippen LogP contribution in [0.2, 0.25) is 0 Å². The van der Waals surface area contributed by atoms with E-state index in [4.69, 9.17) is 5.26 Å². The Morgan fingerprint density at radius 1 is 1.46 bits per heavy atom. The predicted molar refractivity (Wildman–Crippen MR) is 48.7 cm³/mol. The Balaban J connectivity index is 2.29. The molecule has 1 atom stereocenters. The topological polar surface area (TPSA) is 40.9 Å². The molecule has 0 aromatic carbocycles. The minimum absolute atomic E-state index is 0.282. The first-order chi connectivity index (χ1) is 6.31. The number of Topliss-reactive ketones (excluding diaryl/α,β-unsaturated/α-hetero) is 1. The van der Waals surface area contributed by atoms with Crippen LogP contribution in [0.3, 0.4) is 0 Å². The lowest BCUT2D eigenvalue weighted by Gasteiger charge is -2.26. The lowest BCUT2D eigenvalue weighted by atomic mass is 9.77. The highest BCUT2D eigenvalue weighted by Crippen LogP contribution is 2.34. The van der Waals surface area contributed by atoms with Crippen LogP contribution in [0, 0.1) is 17.2 Å². The summed E-state index contributed by atoms with van der Waals surface area (Å²) in [4.78, 5) is 11.4. The van der Waals surface area contributed by atoms with Crippen molar-refractivity contribution in [2.45, 2.75) is 25.7 Å². The van der Waals surface area contributed by atoms with Crippen molar-refractivity contribution in [2.24, 2.45) is 5.92 Å². The summed E-state index contributed by atoms with van der Waals surface area (Å²) >= 11 is 0. The van der Waals surface area contributed by atoms with Gasteiger partial charge in [-0.3, -0.25) is 4.79 Å². The molecule has 2 aliphatic rings. The third-order valence-corrected chi connectivity index (χ3v) is 2.79. The van der Waals surface area contributed by atoms with Crippen LogP contribution >= 0.6 is 0 Å². The fourth-order valence-electron chi connectivity index (χ4n) is 2.08. The second-order valence-electron chi connectivity index (χ2n) is 3.64. The highest BCUT2D eigenvalue weighted by molar-refractivity contribution is 5.97. The maximum atomic E-state index is 11.4. The van der Waals surface area contributed by atoms with Gasteiger partial charge in [0.05, 0.1) is 6.07 Å². The van der Waals surface area contributed by atoms with E-state index in [0.29, 0.717) is 12.3 Å². The SMILES string of the molecule is N#CC1=CC=C2C(=O)CCCC2C1. The van der Waals surface area contributed by atoms with Gasteiger partial charge in [-0.25, -0.2) is 0 Å². The van der Waals surface area contributed by atoms with Crippen LogP contribution in [-0.2, 0) is 4.79 Å². The van der Waals surface area contributed by atoms with Crippen molar-refractivity contribution in [1.29, 1.82) is 5.26 Å². The average molecular weight is 173 g/mol.